The Labute approximate surface area is 348 Å². The van der Waals surface area contributed by atoms with E-state index in [1.54, 1.807) is 0 Å². The largest absolute Gasteiger partial charge is 0.420 e. The van der Waals surface area contributed by atoms with Crippen molar-refractivity contribution < 1.29 is 78.9 Å². The average molecular weight is 863 g/mol. The first-order valence-electron chi connectivity index (χ1n) is 21.4. The second-order valence-electron chi connectivity index (χ2n) is 13.5. The van der Waals surface area contributed by atoms with E-state index in [9.17, 15) is 26.7 Å². The molecular weight excluding hydrogens is 791 g/mol. The molecule has 346 valence electrons. The molecule has 59 heavy (non-hydrogen) atoms. The molecule has 0 aliphatic rings. The van der Waals surface area contributed by atoms with Crippen molar-refractivity contribution >= 4 is 5.97 Å². The zero-order chi connectivity index (χ0) is 42.9. The molecule has 0 saturated carbocycles. The topological polar surface area (TPSA) is 119 Å². The summed E-state index contributed by atoms with van der Waals surface area (Å²) in [4.78, 5) is 11.7. The SMILES string of the molecule is CCCCCCCCCCCCCCCOCCOCCOCCOCCOCCOCCOCCOCCOCCOCCC(=O)Oc1c(F)c(F)c(F)c(F)c1F. The lowest BCUT2D eigenvalue weighted by Crippen LogP contribution is -2.16. The van der Waals surface area contributed by atoms with Crippen molar-refractivity contribution in [3.05, 3.63) is 29.1 Å². The average Bonchev–Trinajstić information content (AvgIpc) is 3.24. The van der Waals surface area contributed by atoms with Crippen LogP contribution in [0, 0.1) is 29.1 Å². The maximum atomic E-state index is 13.6. The summed E-state index contributed by atoms with van der Waals surface area (Å²) in [5, 5.41) is 0. The first-order chi connectivity index (χ1) is 28.9. The van der Waals surface area contributed by atoms with Crippen LogP contribution in [0.5, 0.6) is 5.75 Å². The lowest BCUT2D eigenvalue weighted by atomic mass is 10.0. The zero-order valence-corrected chi connectivity index (χ0v) is 35.3. The molecule has 0 saturated heterocycles. The van der Waals surface area contributed by atoms with E-state index in [1.807, 2.05) is 0 Å². The van der Waals surface area contributed by atoms with Crippen molar-refractivity contribution in [2.75, 3.05) is 132 Å². The fourth-order valence-corrected chi connectivity index (χ4v) is 5.30. The predicted octanol–water partition coefficient (Wildman–Crippen LogP) is 7.93. The highest BCUT2D eigenvalue weighted by atomic mass is 19.2. The molecule has 1 rings (SSSR count). The van der Waals surface area contributed by atoms with Crippen LogP contribution in [0.3, 0.4) is 0 Å². The van der Waals surface area contributed by atoms with Gasteiger partial charge in [0.05, 0.1) is 132 Å². The molecule has 1 aromatic rings. The van der Waals surface area contributed by atoms with E-state index in [2.05, 4.69) is 11.7 Å². The molecule has 0 radical (unpaired) electrons. The summed E-state index contributed by atoms with van der Waals surface area (Å²) in [7, 11) is 0. The summed E-state index contributed by atoms with van der Waals surface area (Å²) in [5.74, 6) is -14.1. The number of ether oxygens (including phenoxy) is 11. The molecule has 0 aliphatic carbocycles. The predicted molar refractivity (Wildman–Crippen MR) is 210 cm³/mol. The van der Waals surface area contributed by atoms with Crippen molar-refractivity contribution in [2.24, 2.45) is 0 Å². The standard InChI is InChI=1S/C42H71F5O12/c1-2-3-4-5-6-7-8-9-10-11-12-13-14-16-49-18-20-51-22-24-53-26-28-55-30-32-57-34-35-58-33-31-56-29-27-54-25-23-52-21-19-50-17-15-36(48)59-42-40(46)38(44)37(43)39(45)41(42)47/h2-35H2,1H3. The Morgan fingerprint density at radius 1 is 0.322 bits per heavy atom. The number of hydrogen-bond donors (Lipinski definition) is 0. The molecule has 0 N–H and O–H groups in total. The van der Waals surface area contributed by atoms with Crippen LogP contribution in [0.15, 0.2) is 0 Å². The minimum Gasteiger partial charge on any atom is -0.420 e. The third kappa shape index (κ3) is 32.3. The number of hydrogen-bond acceptors (Lipinski definition) is 12. The lowest BCUT2D eigenvalue weighted by Gasteiger charge is -2.09. The van der Waals surface area contributed by atoms with Crippen LogP contribution in [0.1, 0.15) is 96.8 Å². The number of esters is 1. The third-order valence-electron chi connectivity index (χ3n) is 8.58. The molecule has 0 atom stereocenters. The van der Waals surface area contributed by atoms with E-state index in [4.69, 9.17) is 47.4 Å². The lowest BCUT2D eigenvalue weighted by molar-refractivity contribution is -0.136. The summed E-state index contributed by atoms with van der Waals surface area (Å²) in [6.07, 6.45) is 17.1. The highest BCUT2D eigenvalue weighted by Gasteiger charge is 2.28. The van der Waals surface area contributed by atoms with Crippen molar-refractivity contribution in [1.82, 2.24) is 0 Å². The van der Waals surface area contributed by atoms with Gasteiger partial charge in [0.15, 0.2) is 0 Å². The fraction of sp³-hybridized carbons (Fsp3) is 0.833. The Hall–Kier alpha value is -2.06. The summed E-state index contributed by atoms with van der Waals surface area (Å²) in [6, 6.07) is 0. The zero-order valence-electron chi connectivity index (χ0n) is 35.3. The molecule has 0 bridgehead atoms. The van der Waals surface area contributed by atoms with Gasteiger partial charge in [0.1, 0.15) is 0 Å². The second kappa shape index (κ2) is 41.3. The van der Waals surface area contributed by atoms with Gasteiger partial charge in [-0.1, -0.05) is 84.0 Å². The van der Waals surface area contributed by atoms with Gasteiger partial charge in [-0.3, -0.25) is 4.79 Å². The first-order valence-corrected chi connectivity index (χ1v) is 21.4. The van der Waals surface area contributed by atoms with Crippen LogP contribution < -0.4 is 4.74 Å². The summed E-state index contributed by atoms with van der Waals surface area (Å²) >= 11 is 0. The third-order valence-corrected chi connectivity index (χ3v) is 8.58. The van der Waals surface area contributed by atoms with Gasteiger partial charge in [-0.2, -0.15) is 8.78 Å². The molecule has 1 aromatic carbocycles. The molecule has 0 aliphatic heterocycles. The van der Waals surface area contributed by atoms with Crippen LogP contribution in [-0.2, 0) is 52.2 Å². The van der Waals surface area contributed by atoms with E-state index >= 15 is 0 Å². The molecule has 17 heteroatoms. The minimum atomic E-state index is -2.35. The smallest absolute Gasteiger partial charge is 0.313 e. The molecular formula is C42H71F5O12. The van der Waals surface area contributed by atoms with Gasteiger partial charge in [0.2, 0.25) is 34.8 Å². The molecule has 0 amide bonds. The molecule has 12 nitrogen and oxygen atoms in total. The highest BCUT2D eigenvalue weighted by molar-refractivity contribution is 5.72. The highest BCUT2D eigenvalue weighted by Crippen LogP contribution is 2.29. The fourth-order valence-electron chi connectivity index (χ4n) is 5.30. The van der Waals surface area contributed by atoms with Crippen LogP contribution in [0.2, 0.25) is 0 Å². The number of benzene rings is 1. The molecule has 0 unspecified atom stereocenters. The Balaban J connectivity index is 1.69. The van der Waals surface area contributed by atoms with Gasteiger partial charge < -0.3 is 52.1 Å². The van der Waals surface area contributed by atoms with Crippen molar-refractivity contribution in [3.8, 4) is 5.75 Å². The maximum absolute atomic E-state index is 13.6. The molecule has 0 fully saturated rings. The number of halogens is 5. The van der Waals surface area contributed by atoms with E-state index < -0.39 is 47.2 Å². The number of carbonyl (C=O) groups excluding carboxylic acids is 1. The van der Waals surface area contributed by atoms with E-state index in [0.29, 0.717) is 99.1 Å². The van der Waals surface area contributed by atoms with Crippen LogP contribution in [-0.4, -0.2) is 138 Å². The summed E-state index contributed by atoms with van der Waals surface area (Å²) in [6.45, 7) is 10.4. The van der Waals surface area contributed by atoms with E-state index in [-0.39, 0.29) is 26.4 Å². The van der Waals surface area contributed by atoms with Crippen LogP contribution in [0.25, 0.3) is 0 Å². The van der Waals surface area contributed by atoms with Gasteiger partial charge in [0.25, 0.3) is 0 Å². The summed E-state index contributed by atoms with van der Waals surface area (Å²) < 4.78 is 125. The van der Waals surface area contributed by atoms with E-state index in [1.165, 1.54) is 77.0 Å². The second-order valence-corrected chi connectivity index (χ2v) is 13.5. The minimum absolute atomic E-state index is 0.0839. The van der Waals surface area contributed by atoms with Gasteiger partial charge in [-0.15, -0.1) is 0 Å². The van der Waals surface area contributed by atoms with Gasteiger partial charge in [-0.05, 0) is 6.42 Å². The van der Waals surface area contributed by atoms with Crippen molar-refractivity contribution in [3.63, 3.8) is 0 Å². The molecule has 0 aromatic heterocycles. The van der Waals surface area contributed by atoms with Crippen LogP contribution in [0.4, 0.5) is 22.0 Å². The molecule has 0 heterocycles. The molecule has 0 spiro atoms. The summed E-state index contributed by atoms with van der Waals surface area (Å²) in [5.41, 5.74) is 0. The van der Waals surface area contributed by atoms with Crippen LogP contribution >= 0.6 is 0 Å². The Kier molecular flexibility index (Phi) is 38.5. The van der Waals surface area contributed by atoms with Crippen molar-refractivity contribution in [2.45, 2.75) is 96.8 Å². The van der Waals surface area contributed by atoms with Crippen molar-refractivity contribution in [1.29, 1.82) is 0 Å². The Bertz CT molecular complexity index is 1100. The number of carbonyl (C=O) groups is 1. The Morgan fingerprint density at radius 3 is 0.864 bits per heavy atom. The normalized spacial score (nSPS) is 11.6. The first kappa shape index (κ1) is 55.0. The quantitative estimate of drug-likeness (QED) is 0.0158. The monoisotopic (exact) mass is 862 g/mol. The number of rotatable bonds is 45. The van der Waals surface area contributed by atoms with Gasteiger partial charge in [-0.25, -0.2) is 13.2 Å². The van der Waals surface area contributed by atoms with Gasteiger partial charge in [0, 0.05) is 6.61 Å². The maximum Gasteiger partial charge on any atom is 0.313 e. The van der Waals surface area contributed by atoms with Gasteiger partial charge >= 0.3 is 5.97 Å². The Morgan fingerprint density at radius 2 is 0.559 bits per heavy atom. The van der Waals surface area contributed by atoms with E-state index in [0.717, 1.165) is 13.0 Å². The number of unbranched alkanes of at least 4 members (excludes halogenated alkanes) is 12.